The molecule has 0 bridgehead atoms. The maximum Gasteiger partial charge on any atom is 0.253 e. The largest absolute Gasteiger partial charge is 0.348 e. The molecule has 0 aliphatic carbocycles. The molecule has 0 aliphatic heterocycles. The molecule has 2 rings (SSSR count). The summed E-state index contributed by atoms with van der Waals surface area (Å²) in [6.45, 7) is 1.31. The predicted molar refractivity (Wildman–Crippen MR) is 84.3 cm³/mol. The van der Waals surface area contributed by atoms with Crippen LogP contribution < -0.4 is 5.32 Å². The Morgan fingerprint density at radius 2 is 1.95 bits per heavy atom. The van der Waals surface area contributed by atoms with E-state index in [9.17, 15) is 4.79 Å². The van der Waals surface area contributed by atoms with Gasteiger partial charge in [0.2, 0.25) is 0 Å². The number of carbonyl (C=O) groups excluding carboxylic acids is 1. The van der Waals surface area contributed by atoms with Crippen molar-refractivity contribution >= 4 is 17.5 Å². The van der Waals surface area contributed by atoms with Crippen LogP contribution in [0.15, 0.2) is 42.7 Å². The zero-order valence-corrected chi connectivity index (χ0v) is 12.9. The maximum absolute atomic E-state index is 12.1. The van der Waals surface area contributed by atoms with E-state index in [1.54, 1.807) is 12.3 Å². The molecule has 1 heterocycles. The summed E-state index contributed by atoms with van der Waals surface area (Å²) in [6, 6.07) is 9.68. The maximum atomic E-state index is 12.1. The van der Waals surface area contributed by atoms with Gasteiger partial charge in [0.15, 0.2) is 0 Å². The topological polar surface area (TPSA) is 45.2 Å². The molecule has 0 saturated carbocycles. The molecule has 0 radical (unpaired) electrons. The van der Waals surface area contributed by atoms with Crippen LogP contribution in [-0.2, 0) is 13.1 Å². The number of hydrogen-bond donors (Lipinski definition) is 1. The van der Waals surface area contributed by atoms with Gasteiger partial charge in [-0.3, -0.25) is 9.78 Å². The van der Waals surface area contributed by atoms with Gasteiger partial charge >= 0.3 is 0 Å². The number of aromatic nitrogens is 1. The van der Waals surface area contributed by atoms with E-state index in [-0.39, 0.29) is 5.91 Å². The summed E-state index contributed by atoms with van der Waals surface area (Å²) in [5, 5.41) is 3.26. The van der Waals surface area contributed by atoms with Crippen LogP contribution in [0.1, 0.15) is 21.5 Å². The van der Waals surface area contributed by atoms with Gasteiger partial charge < -0.3 is 10.2 Å². The molecular formula is C16H18ClN3O. The van der Waals surface area contributed by atoms with Crippen molar-refractivity contribution in [2.24, 2.45) is 0 Å². The Bertz CT molecular complexity index is 628. The van der Waals surface area contributed by atoms with E-state index in [4.69, 9.17) is 11.6 Å². The fourth-order valence-corrected chi connectivity index (χ4v) is 2.26. The lowest BCUT2D eigenvalue weighted by atomic mass is 10.1. The van der Waals surface area contributed by atoms with Crippen LogP contribution >= 0.6 is 11.6 Å². The molecule has 21 heavy (non-hydrogen) atoms. The molecule has 0 saturated heterocycles. The van der Waals surface area contributed by atoms with Crippen LogP contribution in [0.5, 0.6) is 0 Å². The third-order valence-electron chi connectivity index (χ3n) is 3.06. The lowest BCUT2D eigenvalue weighted by molar-refractivity contribution is 0.0951. The van der Waals surface area contributed by atoms with Crippen molar-refractivity contribution in [2.75, 3.05) is 14.1 Å². The van der Waals surface area contributed by atoms with Crippen molar-refractivity contribution in [3.8, 4) is 0 Å². The number of benzene rings is 1. The smallest absolute Gasteiger partial charge is 0.253 e. The summed E-state index contributed by atoms with van der Waals surface area (Å²) in [5.74, 6) is -0.193. The first-order valence-electron chi connectivity index (χ1n) is 6.67. The molecule has 110 valence electrons. The van der Waals surface area contributed by atoms with Crippen molar-refractivity contribution in [1.82, 2.24) is 15.2 Å². The van der Waals surface area contributed by atoms with E-state index in [0.29, 0.717) is 17.1 Å². The minimum Gasteiger partial charge on any atom is -0.348 e. The van der Waals surface area contributed by atoms with Crippen molar-refractivity contribution in [1.29, 1.82) is 0 Å². The molecule has 5 heteroatoms. The highest BCUT2D eigenvalue weighted by atomic mass is 35.5. The van der Waals surface area contributed by atoms with Crippen LogP contribution in [0.3, 0.4) is 0 Å². The van der Waals surface area contributed by atoms with Gasteiger partial charge in [-0.15, -0.1) is 0 Å². The standard InChI is InChI=1S/C16H18ClN3O/c1-20(2)11-13-6-4-3-5-12(13)9-19-16(21)14-7-8-18-10-15(14)17/h3-8,10H,9,11H2,1-2H3,(H,19,21). The van der Waals surface area contributed by atoms with Gasteiger partial charge in [-0.25, -0.2) is 0 Å². The molecule has 1 N–H and O–H groups in total. The highest BCUT2D eigenvalue weighted by Gasteiger charge is 2.10. The molecule has 0 fully saturated rings. The highest BCUT2D eigenvalue weighted by molar-refractivity contribution is 6.33. The van der Waals surface area contributed by atoms with Gasteiger partial charge in [0.05, 0.1) is 10.6 Å². The number of nitrogens with one attached hydrogen (secondary N) is 1. The van der Waals surface area contributed by atoms with Crippen molar-refractivity contribution in [3.63, 3.8) is 0 Å². The van der Waals surface area contributed by atoms with E-state index in [1.807, 2.05) is 32.3 Å². The average Bonchev–Trinajstić information content (AvgIpc) is 2.46. The second kappa shape index (κ2) is 7.20. The zero-order chi connectivity index (χ0) is 15.2. The molecule has 2 aromatic rings. The second-order valence-electron chi connectivity index (χ2n) is 5.04. The normalized spacial score (nSPS) is 10.7. The Balaban J connectivity index is 2.07. The lowest BCUT2D eigenvalue weighted by Gasteiger charge is -2.14. The monoisotopic (exact) mass is 303 g/mol. The summed E-state index contributed by atoms with van der Waals surface area (Å²) >= 11 is 5.97. The predicted octanol–water partition coefficient (Wildman–Crippen LogP) is 2.73. The van der Waals surface area contributed by atoms with Gasteiger partial charge in [0, 0.05) is 25.5 Å². The summed E-state index contributed by atoms with van der Waals surface area (Å²) in [6.07, 6.45) is 3.03. The summed E-state index contributed by atoms with van der Waals surface area (Å²) in [7, 11) is 4.04. The SMILES string of the molecule is CN(C)Cc1ccccc1CNC(=O)c1ccncc1Cl. The number of halogens is 1. The Morgan fingerprint density at radius 1 is 1.24 bits per heavy atom. The number of rotatable bonds is 5. The first-order chi connectivity index (χ1) is 10.1. The van der Waals surface area contributed by atoms with Gasteiger partial charge in [0.1, 0.15) is 0 Å². The number of carbonyl (C=O) groups is 1. The number of nitrogens with zero attached hydrogens (tertiary/aromatic N) is 2. The minimum absolute atomic E-state index is 0.193. The van der Waals surface area contributed by atoms with E-state index >= 15 is 0 Å². The molecule has 4 nitrogen and oxygen atoms in total. The van der Waals surface area contributed by atoms with Crippen LogP contribution in [0, 0.1) is 0 Å². The summed E-state index contributed by atoms with van der Waals surface area (Å²) in [4.78, 5) is 18.1. The molecular weight excluding hydrogens is 286 g/mol. The molecule has 1 aromatic carbocycles. The molecule has 0 unspecified atom stereocenters. The average molecular weight is 304 g/mol. The quantitative estimate of drug-likeness (QED) is 0.924. The van der Waals surface area contributed by atoms with Crippen LogP contribution in [0.2, 0.25) is 5.02 Å². The third-order valence-corrected chi connectivity index (χ3v) is 3.36. The fraction of sp³-hybridized carbons (Fsp3) is 0.250. The van der Waals surface area contributed by atoms with Crippen molar-refractivity contribution in [3.05, 3.63) is 64.4 Å². The lowest BCUT2D eigenvalue weighted by Crippen LogP contribution is -2.24. The van der Waals surface area contributed by atoms with E-state index in [1.165, 1.54) is 11.8 Å². The van der Waals surface area contributed by atoms with E-state index in [0.717, 1.165) is 12.1 Å². The Labute approximate surface area is 129 Å². The van der Waals surface area contributed by atoms with Crippen molar-refractivity contribution in [2.45, 2.75) is 13.1 Å². The van der Waals surface area contributed by atoms with Crippen LogP contribution in [0.4, 0.5) is 0 Å². The van der Waals surface area contributed by atoms with Gasteiger partial charge in [-0.1, -0.05) is 35.9 Å². The third kappa shape index (κ3) is 4.28. The van der Waals surface area contributed by atoms with Gasteiger partial charge in [-0.05, 0) is 31.3 Å². The molecule has 1 amide bonds. The number of pyridine rings is 1. The molecule has 0 aliphatic rings. The van der Waals surface area contributed by atoms with Gasteiger partial charge in [0.25, 0.3) is 5.91 Å². The van der Waals surface area contributed by atoms with Crippen LogP contribution in [-0.4, -0.2) is 29.9 Å². The zero-order valence-electron chi connectivity index (χ0n) is 12.1. The van der Waals surface area contributed by atoms with E-state index in [2.05, 4.69) is 21.3 Å². The minimum atomic E-state index is -0.193. The molecule has 0 atom stereocenters. The first-order valence-corrected chi connectivity index (χ1v) is 7.05. The first kappa shape index (κ1) is 15.5. The Kier molecular flexibility index (Phi) is 5.31. The summed E-state index contributed by atoms with van der Waals surface area (Å²) < 4.78 is 0. The Morgan fingerprint density at radius 3 is 2.62 bits per heavy atom. The molecule has 0 spiro atoms. The molecule has 1 aromatic heterocycles. The van der Waals surface area contributed by atoms with E-state index < -0.39 is 0 Å². The highest BCUT2D eigenvalue weighted by Crippen LogP contribution is 2.14. The van der Waals surface area contributed by atoms with Crippen molar-refractivity contribution < 1.29 is 4.79 Å². The number of amides is 1. The fourth-order valence-electron chi connectivity index (χ4n) is 2.05. The second-order valence-corrected chi connectivity index (χ2v) is 5.45. The summed E-state index contributed by atoms with van der Waals surface area (Å²) in [5.41, 5.74) is 2.74. The number of hydrogen-bond acceptors (Lipinski definition) is 3. The van der Waals surface area contributed by atoms with Crippen LogP contribution in [0.25, 0.3) is 0 Å². The van der Waals surface area contributed by atoms with Gasteiger partial charge in [-0.2, -0.15) is 0 Å². The Hall–Kier alpha value is -1.91.